The summed E-state index contributed by atoms with van der Waals surface area (Å²) in [6, 6.07) is 14.6. The van der Waals surface area contributed by atoms with Gasteiger partial charge in [-0.1, -0.05) is 33.6 Å². The molecule has 1 aliphatic heterocycles. The molecule has 2 heterocycles. The van der Waals surface area contributed by atoms with E-state index in [1.165, 1.54) is 11.3 Å². The van der Waals surface area contributed by atoms with Crippen molar-refractivity contribution in [3.8, 4) is 11.5 Å². The van der Waals surface area contributed by atoms with Gasteiger partial charge in [0.2, 0.25) is 0 Å². The van der Waals surface area contributed by atoms with Gasteiger partial charge in [0, 0.05) is 23.2 Å². The Morgan fingerprint density at radius 3 is 2.70 bits per heavy atom. The number of para-hydroxylation sites is 1. The largest absolute Gasteiger partial charge is 0.486 e. The highest BCUT2D eigenvalue weighted by Crippen LogP contribution is 2.40. The maximum absolute atomic E-state index is 13.4. The monoisotopic (exact) mass is 550 g/mol. The van der Waals surface area contributed by atoms with Crippen molar-refractivity contribution in [2.24, 2.45) is 0 Å². The number of thiophene rings is 1. The number of ether oxygens (including phenoxy) is 2. The van der Waals surface area contributed by atoms with Crippen LogP contribution in [0.25, 0.3) is 0 Å². The molecule has 0 bridgehead atoms. The minimum atomic E-state index is -1.06. The average Bonchev–Trinajstić information content (AvgIpc) is 3.24. The third-order valence-corrected chi connectivity index (χ3v) is 6.90. The van der Waals surface area contributed by atoms with Crippen LogP contribution in [-0.2, 0) is 4.79 Å². The van der Waals surface area contributed by atoms with Crippen molar-refractivity contribution in [1.29, 1.82) is 0 Å². The number of nitrogens with zero attached hydrogens (tertiary/aromatic N) is 2. The first-order valence-corrected chi connectivity index (χ1v) is 12.1. The number of rotatable bonds is 8. The van der Waals surface area contributed by atoms with Gasteiger partial charge in [0.05, 0.1) is 17.3 Å². The number of anilines is 2. The maximum Gasteiger partial charge on any atom is 0.341 e. The van der Waals surface area contributed by atoms with Crippen LogP contribution in [0.15, 0.2) is 58.4 Å². The summed E-state index contributed by atoms with van der Waals surface area (Å²) in [7, 11) is 0. The molecular formula is C23H20BrClN2O5S. The summed E-state index contributed by atoms with van der Waals surface area (Å²) >= 11 is 11.0. The van der Waals surface area contributed by atoms with E-state index < -0.39 is 12.6 Å². The van der Waals surface area contributed by atoms with E-state index in [2.05, 4.69) is 20.8 Å². The van der Waals surface area contributed by atoms with E-state index in [9.17, 15) is 9.59 Å². The summed E-state index contributed by atoms with van der Waals surface area (Å²) in [6.45, 7) is 1.53. The smallest absolute Gasteiger partial charge is 0.341 e. The molecular weight excluding hydrogens is 532 g/mol. The van der Waals surface area contributed by atoms with Gasteiger partial charge < -0.3 is 24.4 Å². The molecule has 1 amide bonds. The Morgan fingerprint density at radius 2 is 2.00 bits per heavy atom. The summed E-state index contributed by atoms with van der Waals surface area (Å²) in [5, 5.41) is 11.2. The number of benzene rings is 2. The van der Waals surface area contributed by atoms with Crippen molar-refractivity contribution in [3.63, 3.8) is 0 Å². The zero-order chi connectivity index (χ0) is 23.4. The van der Waals surface area contributed by atoms with E-state index in [1.807, 2.05) is 30.3 Å². The molecule has 172 valence electrons. The Balaban J connectivity index is 1.57. The van der Waals surface area contributed by atoms with Crippen LogP contribution in [0.2, 0.25) is 5.02 Å². The van der Waals surface area contributed by atoms with Crippen LogP contribution in [-0.4, -0.2) is 49.8 Å². The van der Waals surface area contributed by atoms with Gasteiger partial charge in [0.1, 0.15) is 11.5 Å². The van der Waals surface area contributed by atoms with Gasteiger partial charge >= 0.3 is 5.97 Å². The molecule has 0 radical (unpaired) electrons. The molecule has 0 atom stereocenters. The highest BCUT2D eigenvalue weighted by molar-refractivity contribution is 9.10. The number of aliphatic carboxylic acids is 1. The van der Waals surface area contributed by atoms with E-state index in [-0.39, 0.29) is 5.91 Å². The molecule has 1 N–H and O–H groups in total. The first-order chi connectivity index (χ1) is 15.9. The normalized spacial score (nSPS) is 12.6. The molecule has 0 aliphatic carbocycles. The number of amides is 1. The topological polar surface area (TPSA) is 79.3 Å². The van der Waals surface area contributed by atoms with E-state index in [4.69, 9.17) is 26.2 Å². The zero-order valence-corrected chi connectivity index (χ0v) is 20.5. The number of halogens is 2. The predicted octanol–water partition coefficient (Wildman–Crippen LogP) is 5.17. The Morgan fingerprint density at radius 1 is 1.21 bits per heavy atom. The zero-order valence-electron chi connectivity index (χ0n) is 17.4. The fraction of sp³-hybridized carbons (Fsp3) is 0.217. The number of hydrogen-bond acceptors (Lipinski definition) is 6. The van der Waals surface area contributed by atoms with E-state index >= 15 is 0 Å². The highest BCUT2D eigenvalue weighted by Gasteiger charge is 2.26. The summed E-state index contributed by atoms with van der Waals surface area (Å²) in [5.41, 5.74) is 1.56. The number of hydrogen-bond donors (Lipinski definition) is 1. The van der Waals surface area contributed by atoms with Crippen LogP contribution in [0, 0.1) is 0 Å². The molecule has 10 heteroatoms. The molecule has 0 saturated carbocycles. The van der Waals surface area contributed by atoms with Crippen LogP contribution in [0.1, 0.15) is 9.67 Å². The molecule has 0 fully saturated rings. The fourth-order valence-electron chi connectivity index (χ4n) is 3.52. The molecule has 3 aromatic rings. The standard InChI is InChI=1S/C23H20BrClN2O5S/c24-15-4-6-16(7-5-15)27(23(30)22-17(25)8-13-33-22)10-9-26-11-12-31-21-18(26)2-1-3-19(21)32-14-20(28)29/h1-8,13H,9-12,14H2,(H,28,29). The average molecular weight is 552 g/mol. The van der Waals surface area contributed by atoms with Crippen molar-refractivity contribution in [1.82, 2.24) is 0 Å². The quantitative estimate of drug-likeness (QED) is 0.416. The lowest BCUT2D eigenvalue weighted by Gasteiger charge is -2.34. The second-order valence-electron chi connectivity index (χ2n) is 7.15. The fourth-order valence-corrected chi connectivity index (χ4v) is 4.87. The molecule has 0 spiro atoms. The lowest BCUT2D eigenvalue weighted by atomic mass is 10.2. The molecule has 2 aromatic carbocycles. The summed E-state index contributed by atoms with van der Waals surface area (Å²) in [5.74, 6) is -0.334. The van der Waals surface area contributed by atoms with Crippen molar-refractivity contribution in [3.05, 3.63) is 68.3 Å². The predicted molar refractivity (Wildman–Crippen MR) is 132 cm³/mol. The molecule has 33 heavy (non-hydrogen) atoms. The van der Waals surface area contributed by atoms with Crippen LogP contribution in [0.3, 0.4) is 0 Å². The first-order valence-electron chi connectivity index (χ1n) is 10.1. The Labute approximate surface area is 208 Å². The molecule has 1 aromatic heterocycles. The van der Waals surface area contributed by atoms with Gasteiger partial charge in [-0.3, -0.25) is 4.79 Å². The number of carbonyl (C=O) groups excluding carboxylic acids is 1. The molecule has 4 rings (SSSR count). The highest BCUT2D eigenvalue weighted by atomic mass is 79.9. The van der Waals surface area contributed by atoms with E-state index in [0.717, 1.165) is 15.8 Å². The summed E-state index contributed by atoms with van der Waals surface area (Å²) in [6.07, 6.45) is 0. The van der Waals surface area contributed by atoms with Gasteiger partial charge in [-0.25, -0.2) is 4.79 Å². The first kappa shape index (κ1) is 23.4. The second-order valence-corrected chi connectivity index (χ2v) is 9.39. The van der Waals surface area contributed by atoms with Crippen LogP contribution >= 0.6 is 38.9 Å². The third-order valence-electron chi connectivity index (χ3n) is 5.05. The Bertz CT molecular complexity index is 1150. The number of fused-ring (bicyclic) bond motifs is 1. The van der Waals surface area contributed by atoms with E-state index in [0.29, 0.717) is 47.6 Å². The second kappa shape index (κ2) is 10.5. The van der Waals surface area contributed by atoms with Gasteiger partial charge in [0.25, 0.3) is 5.91 Å². The molecule has 7 nitrogen and oxygen atoms in total. The van der Waals surface area contributed by atoms with Gasteiger partial charge in [-0.2, -0.15) is 0 Å². The molecule has 0 unspecified atom stereocenters. The van der Waals surface area contributed by atoms with Crippen molar-refractivity contribution in [2.75, 3.05) is 42.6 Å². The molecule has 1 aliphatic rings. The van der Waals surface area contributed by atoms with E-state index in [1.54, 1.807) is 28.5 Å². The summed E-state index contributed by atoms with van der Waals surface area (Å²) < 4.78 is 12.1. The van der Waals surface area contributed by atoms with Crippen molar-refractivity contribution in [2.45, 2.75) is 0 Å². The molecule has 0 saturated heterocycles. The number of carboxylic acid groups (broad SMARTS) is 1. The van der Waals surface area contributed by atoms with Crippen molar-refractivity contribution >= 4 is 62.1 Å². The Hall–Kier alpha value is -2.75. The van der Waals surface area contributed by atoms with Gasteiger partial charge in [-0.05, 0) is 47.8 Å². The van der Waals surface area contributed by atoms with Crippen molar-refractivity contribution < 1.29 is 24.2 Å². The van der Waals surface area contributed by atoms with Gasteiger partial charge in [-0.15, -0.1) is 11.3 Å². The lowest BCUT2D eigenvalue weighted by Crippen LogP contribution is -2.41. The SMILES string of the molecule is O=C(O)COc1cccc2c1OCCN2CCN(C(=O)c1sccc1Cl)c1ccc(Br)cc1. The van der Waals surface area contributed by atoms with Gasteiger partial charge in [0.15, 0.2) is 18.1 Å². The summed E-state index contributed by atoms with van der Waals surface area (Å²) in [4.78, 5) is 28.6. The number of carboxylic acids is 1. The minimum Gasteiger partial charge on any atom is -0.486 e. The van der Waals surface area contributed by atoms with Crippen LogP contribution in [0.5, 0.6) is 11.5 Å². The Kier molecular flexibility index (Phi) is 7.42. The van der Waals surface area contributed by atoms with Crippen LogP contribution < -0.4 is 19.3 Å². The number of carbonyl (C=O) groups is 2. The maximum atomic E-state index is 13.4. The van der Waals surface area contributed by atoms with Crippen LogP contribution in [0.4, 0.5) is 11.4 Å². The third kappa shape index (κ3) is 5.43. The lowest BCUT2D eigenvalue weighted by molar-refractivity contribution is -0.139. The minimum absolute atomic E-state index is 0.163.